The summed E-state index contributed by atoms with van der Waals surface area (Å²) < 4.78 is 12.8. The molecule has 0 saturated carbocycles. The van der Waals surface area contributed by atoms with Crippen LogP contribution in [0.4, 0.5) is 4.39 Å². The first kappa shape index (κ1) is 14.5. The second kappa shape index (κ2) is 6.47. The standard InChI is InChI=1S/C16H12FNO3/c17-13-8-6-11(7-9-13)10-14(16(20)21)18-15(19)12-4-2-1-3-5-12/h1-10H,(H,18,19)(H,20,21)/b14-10+. The third-order valence-corrected chi connectivity index (χ3v) is 2.70. The normalized spacial score (nSPS) is 11.0. The molecule has 1 amide bonds. The van der Waals surface area contributed by atoms with E-state index < -0.39 is 17.7 Å². The summed E-state index contributed by atoms with van der Waals surface area (Å²) in [6, 6.07) is 13.5. The van der Waals surface area contributed by atoms with E-state index in [0.717, 1.165) is 0 Å². The highest BCUT2D eigenvalue weighted by Crippen LogP contribution is 2.08. The van der Waals surface area contributed by atoms with E-state index in [-0.39, 0.29) is 5.70 Å². The molecule has 0 atom stereocenters. The zero-order valence-corrected chi connectivity index (χ0v) is 10.9. The second-order valence-corrected chi connectivity index (χ2v) is 4.23. The van der Waals surface area contributed by atoms with Gasteiger partial charge < -0.3 is 10.4 Å². The van der Waals surface area contributed by atoms with E-state index in [0.29, 0.717) is 11.1 Å². The van der Waals surface area contributed by atoms with Crippen molar-refractivity contribution in [2.45, 2.75) is 0 Å². The molecule has 0 radical (unpaired) electrons. The van der Waals surface area contributed by atoms with Crippen molar-refractivity contribution in [1.29, 1.82) is 0 Å². The lowest BCUT2D eigenvalue weighted by Gasteiger charge is -2.06. The molecule has 0 saturated heterocycles. The summed E-state index contributed by atoms with van der Waals surface area (Å²) in [4.78, 5) is 23.1. The Bertz CT molecular complexity index is 678. The SMILES string of the molecule is O=C(O)/C(=C\c1ccc(F)cc1)NC(=O)c1ccccc1. The van der Waals surface area contributed by atoms with E-state index in [1.807, 2.05) is 0 Å². The van der Waals surface area contributed by atoms with Crippen LogP contribution in [0.1, 0.15) is 15.9 Å². The minimum atomic E-state index is -1.27. The highest BCUT2D eigenvalue weighted by atomic mass is 19.1. The minimum Gasteiger partial charge on any atom is -0.477 e. The Balaban J connectivity index is 2.22. The van der Waals surface area contributed by atoms with Gasteiger partial charge in [0.25, 0.3) is 5.91 Å². The highest BCUT2D eigenvalue weighted by molar-refractivity contribution is 6.02. The lowest BCUT2D eigenvalue weighted by Crippen LogP contribution is -2.27. The summed E-state index contributed by atoms with van der Waals surface area (Å²) in [6.07, 6.45) is 1.27. The molecule has 4 nitrogen and oxygen atoms in total. The summed E-state index contributed by atoms with van der Waals surface area (Å²) in [7, 11) is 0. The Kier molecular flexibility index (Phi) is 4.46. The summed E-state index contributed by atoms with van der Waals surface area (Å²) in [6.45, 7) is 0. The molecular formula is C16H12FNO3. The molecule has 5 heteroatoms. The number of carboxylic acid groups (broad SMARTS) is 1. The monoisotopic (exact) mass is 285 g/mol. The van der Waals surface area contributed by atoms with E-state index in [1.165, 1.54) is 30.3 Å². The third-order valence-electron chi connectivity index (χ3n) is 2.70. The first-order valence-corrected chi connectivity index (χ1v) is 6.13. The molecule has 106 valence electrons. The van der Waals surface area contributed by atoms with Crippen LogP contribution in [0.15, 0.2) is 60.3 Å². The fraction of sp³-hybridized carbons (Fsp3) is 0. The third kappa shape index (κ3) is 4.01. The molecule has 21 heavy (non-hydrogen) atoms. The van der Waals surface area contributed by atoms with Crippen LogP contribution in [0, 0.1) is 5.82 Å². The van der Waals surface area contributed by atoms with Crippen LogP contribution < -0.4 is 5.32 Å². The van der Waals surface area contributed by atoms with Crippen molar-refractivity contribution in [3.8, 4) is 0 Å². The van der Waals surface area contributed by atoms with Crippen LogP contribution in [-0.2, 0) is 4.79 Å². The smallest absolute Gasteiger partial charge is 0.352 e. The van der Waals surface area contributed by atoms with Gasteiger partial charge >= 0.3 is 5.97 Å². The van der Waals surface area contributed by atoms with E-state index in [1.54, 1.807) is 30.3 Å². The van der Waals surface area contributed by atoms with Gasteiger partial charge in [-0.1, -0.05) is 30.3 Å². The lowest BCUT2D eigenvalue weighted by atomic mass is 10.1. The van der Waals surface area contributed by atoms with Crippen LogP contribution in [0.5, 0.6) is 0 Å². The number of benzene rings is 2. The Hall–Kier alpha value is -2.95. The van der Waals surface area contributed by atoms with E-state index >= 15 is 0 Å². The van der Waals surface area contributed by atoms with Crippen molar-refractivity contribution in [2.24, 2.45) is 0 Å². The van der Waals surface area contributed by atoms with Gasteiger partial charge in [0.05, 0.1) is 0 Å². The van der Waals surface area contributed by atoms with Crippen LogP contribution in [0.25, 0.3) is 6.08 Å². The van der Waals surface area contributed by atoms with Gasteiger partial charge in [0.2, 0.25) is 0 Å². The van der Waals surface area contributed by atoms with E-state index in [2.05, 4.69) is 5.32 Å². The molecule has 2 aromatic rings. The number of aliphatic carboxylic acids is 1. The topological polar surface area (TPSA) is 66.4 Å². The fourth-order valence-electron chi connectivity index (χ4n) is 1.66. The zero-order valence-electron chi connectivity index (χ0n) is 10.9. The van der Waals surface area contributed by atoms with Gasteiger partial charge in [0.15, 0.2) is 0 Å². The maximum atomic E-state index is 12.8. The van der Waals surface area contributed by atoms with Crippen molar-refractivity contribution < 1.29 is 19.1 Å². The van der Waals surface area contributed by atoms with Gasteiger partial charge in [0.1, 0.15) is 11.5 Å². The number of carbonyl (C=O) groups is 2. The van der Waals surface area contributed by atoms with Gasteiger partial charge in [-0.05, 0) is 35.9 Å². The van der Waals surface area contributed by atoms with Crippen molar-refractivity contribution >= 4 is 18.0 Å². The molecule has 0 unspecified atom stereocenters. The molecule has 0 aliphatic heterocycles. The number of amides is 1. The summed E-state index contributed by atoms with van der Waals surface area (Å²) >= 11 is 0. The number of nitrogens with one attached hydrogen (secondary N) is 1. The molecule has 2 rings (SSSR count). The first-order chi connectivity index (χ1) is 10.1. The summed E-state index contributed by atoms with van der Waals surface area (Å²) in [5.74, 6) is -2.22. The van der Waals surface area contributed by atoms with Gasteiger partial charge in [-0.2, -0.15) is 0 Å². The molecule has 0 aliphatic rings. The number of carboxylic acids is 1. The summed E-state index contributed by atoms with van der Waals surface area (Å²) in [5.41, 5.74) is 0.543. The van der Waals surface area contributed by atoms with Crippen LogP contribution in [0.3, 0.4) is 0 Å². The van der Waals surface area contributed by atoms with Crippen LogP contribution in [0.2, 0.25) is 0 Å². The number of rotatable bonds is 4. The largest absolute Gasteiger partial charge is 0.477 e. The lowest BCUT2D eigenvalue weighted by molar-refractivity contribution is -0.132. The quantitative estimate of drug-likeness (QED) is 0.849. The van der Waals surface area contributed by atoms with Gasteiger partial charge in [-0.3, -0.25) is 4.79 Å². The second-order valence-electron chi connectivity index (χ2n) is 4.23. The maximum Gasteiger partial charge on any atom is 0.352 e. The minimum absolute atomic E-state index is 0.282. The maximum absolute atomic E-state index is 12.8. The molecule has 0 heterocycles. The molecule has 0 bridgehead atoms. The zero-order chi connectivity index (χ0) is 15.2. The average Bonchev–Trinajstić information content (AvgIpc) is 2.49. The van der Waals surface area contributed by atoms with Gasteiger partial charge in [0, 0.05) is 5.56 Å². The van der Waals surface area contributed by atoms with E-state index in [4.69, 9.17) is 5.11 Å². The molecular weight excluding hydrogens is 273 g/mol. The van der Waals surface area contributed by atoms with Crippen molar-refractivity contribution in [1.82, 2.24) is 5.32 Å². The molecule has 2 aromatic carbocycles. The summed E-state index contributed by atoms with van der Waals surface area (Å²) in [5, 5.41) is 11.5. The Labute approximate surface area is 120 Å². The van der Waals surface area contributed by atoms with Crippen LogP contribution in [-0.4, -0.2) is 17.0 Å². The predicted molar refractivity (Wildman–Crippen MR) is 75.9 cm³/mol. The average molecular weight is 285 g/mol. The Morgan fingerprint density at radius 3 is 2.19 bits per heavy atom. The van der Waals surface area contributed by atoms with Crippen molar-refractivity contribution in [3.05, 3.63) is 77.2 Å². The van der Waals surface area contributed by atoms with Crippen molar-refractivity contribution in [3.63, 3.8) is 0 Å². The van der Waals surface area contributed by atoms with Gasteiger partial charge in [-0.15, -0.1) is 0 Å². The fourth-order valence-corrected chi connectivity index (χ4v) is 1.66. The highest BCUT2D eigenvalue weighted by Gasteiger charge is 2.13. The number of carbonyl (C=O) groups excluding carboxylic acids is 1. The van der Waals surface area contributed by atoms with Crippen molar-refractivity contribution in [2.75, 3.05) is 0 Å². The molecule has 0 spiro atoms. The number of hydrogen-bond acceptors (Lipinski definition) is 2. The number of hydrogen-bond donors (Lipinski definition) is 2. The molecule has 0 fully saturated rings. The van der Waals surface area contributed by atoms with Crippen LogP contribution >= 0.6 is 0 Å². The predicted octanol–water partition coefficient (Wildman–Crippen LogP) is 2.68. The first-order valence-electron chi connectivity index (χ1n) is 6.13. The molecule has 2 N–H and O–H groups in total. The number of halogens is 1. The van der Waals surface area contributed by atoms with E-state index in [9.17, 15) is 14.0 Å². The molecule has 0 aromatic heterocycles. The van der Waals surface area contributed by atoms with Gasteiger partial charge in [-0.25, -0.2) is 9.18 Å². The molecule has 0 aliphatic carbocycles. The Morgan fingerprint density at radius 2 is 1.62 bits per heavy atom. The Morgan fingerprint density at radius 1 is 1.00 bits per heavy atom.